The maximum absolute atomic E-state index is 5.01. The summed E-state index contributed by atoms with van der Waals surface area (Å²) in [6.07, 6.45) is 3.54. The van der Waals surface area contributed by atoms with Gasteiger partial charge in [-0.1, -0.05) is 0 Å². The maximum Gasteiger partial charge on any atom is 0.195 e. The van der Waals surface area contributed by atoms with E-state index in [1.807, 2.05) is 17.7 Å². The predicted molar refractivity (Wildman–Crippen MR) is 53.4 cm³/mol. The van der Waals surface area contributed by atoms with Gasteiger partial charge in [0.15, 0.2) is 4.77 Å². The highest BCUT2D eigenvalue weighted by Gasteiger charge is 2.00. The number of aryl methyl sites for hydroxylation is 1. The zero-order valence-corrected chi connectivity index (χ0v) is 8.65. The number of hydrogen-bond acceptors (Lipinski definition) is 4. The predicted octanol–water partition coefficient (Wildman–Crippen LogP) is 1.75. The number of thiazole rings is 1. The van der Waals surface area contributed by atoms with Crippen LogP contribution in [0, 0.1) is 11.7 Å². The highest BCUT2D eigenvalue weighted by Crippen LogP contribution is 2.12. The molecule has 1 N–H and O–H groups in total. The van der Waals surface area contributed by atoms with Crippen LogP contribution in [0.2, 0.25) is 0 Å². The van der Waals surface area contributed by atoms with Crippen LogP contribution in [0.5, 0.6) is 0 Å². The Morgan fingerprint density at radius 2 is 2.54 bits per heavy atom. The van der Waals surface area contributed by atoms with Gasteiger partial charge in [-0.25, -0.2) is 4.98 Å². The molecule has 6 heteroatoms. The van der Waals surface area contributed by atoms with E-state index >= 15 is 0 Å². The Bertz CT molecular complexity index is 453. The van der Waals surface area contributed by atoms with Crippen molar-refractivity contribution in [2.75, 3.05) is 0 Å². The van der Waals surface area contributed by atoms with Crippen molar-refractivity contribution < 1.29 is 0 Å². The minimum Gasteiger partial charge on any atom is -0.300 e. The second-order valence-electron chi connectivity index (χ2n) is 2.65. The molecule has 0 saturated heterocycles. The number of aromatic amines is 1. The maximum atomic E-state index is 5.01. The molecule has 4 nitrogen and oxygen atoms in total. The zero-order valence-electron chi connectivity index (χ0n) is 7.02. The molecule has 0 unspecified atom stereocenters. The number of hydrogen-bond donors (Lipinski definition) is 1. The van der Waals surface area contributed by atoms with Gasteiger partial charge in [-0.15, -0.1) is 11.3 Å². The summed E-state index contributed by atoms with van der Waals surface area (Å²) >= 11 is 6.69. The van der Waals surface area contributed by atoms with Crippen LogP contribution in [-0.4, -0.2) is 19.7 Å². The molecule has 0 atom stereocenters. The lowest BCUT2D eigenvalue weighted by Gasteiger charge is -1.94. The molecular formula is C7H8N4S2. The highest BCUT2D eigenvalue weighted by atomic mass is 32.1. The van der Waals surface area contributed by atoms with Crippen molar-refractivity contribution in [3.05, 3.63) is 27.2 Å². The molecule has 2 aromatic rings. The Kier molecular flexibility index (Phi) is 2.24. The topological polar surface area (TPSA) is 46.5 Å². The molecule has 0 radical (unpaired) electrons. The minimum atomic E-state index is 0.632. The average molecular weight is 212 g/mol. The zero-order chi connectivity index (χ0) is 9.26. The van der Waals surface area contributed by atoms with Gasteiger partial charge in [-0.3, -0.25) is 9.67 Å². The second-order valence-corrected chi connectivity index (χ2v) is 4.36. The van der Waals surface area contributed by atoms with Crippen molar-refractivity contribution in [2.24, 2.45) is 0 Å². The Labute approximate surface area is 84.3 Å². The Balaban J connectivity index is 2.24. The molecule has 13 heavy (non-hydrogen) atoms. The summed E-state index contributed by atoms with van der Waals surface area (Å²) in [5.74, 6) is 0. The summed E-state index contributed by atoms with van der Waals surface area (Å²) in [6, 6.07) is 0. The summed E-state index contributed by atoms with van der Waals surface area (Å²) in [4.78, 5) is 5.45. The van der Waals surface area contributed by atoms with Crippen molar-refractivity contribution >= 4 is 23.6 Å². The highest BCUT2D eigenvalue weighted by molar-refractivity contribution is 7.71. The lowest BCUT2D eigenvalue weighted by atomic mass is 10.6. The fourth-order valence-electron chi connectivity index (χ4n) is 1.00. The molecule has 2 heterocycles. The van der Waals surface area contributed by atoms with Crippen molar-refractivity contribution in [2.45, 2.75) is 13.5 Å². The van der Waals surface area contributed by atoms with E-state index in [1.165, 1.54) is 4.88 Å². The quantitative estimate of drug-likeness (QED) is 0.771. The molecule has 68 valence electrons. The Morgan fingerprint density at radius 3 is 3.08 bits per heavy atom. The summed E-state index contributed by atoms with van der Waals surface area (Å²) < 4.78 is 2.49. The monoisotopic (exact) mass is 212 g/mol. The van der Waals surface area contributed by atoms with Crippen LogP contribution >= 0.6 is 23.6 Å². The van der Waals surface area contributed by atoms with Crippen LogP contribution in [0.15, 0.2) is 12.5 Å². The van der Waals surface area contributed by atoms with Gasteiger partial charge < -0.3 is 0 Å². The number of rotatable bonds is 2. The van der Waals surface area contributed by atoms with E-state index in [-0.39, 0.29) is 0 Å². The van der Waals surface area contributed by atoms with Crippen LogP contribution in [0.25, 0.3) is 0 Å². The summed E-state index contributed by atoms with van der Waals surface area (Å²) in [5.41, 5.74) is 0. The van der Waals surface area contributed by atoms with Gasteiger partial charge in [0.25, 0.3) is 0 Å². The normalized spacial score (nSPS) is 10.5. The Hall–Kier alpha value is -1.01. The molecule has 0 bridgehead atoms. The van der Waals surface area contributed by atoms with E-state index < -0.39 is 0 Å². The summed E-state index contributed by atoms with van der Waals surface area (Å²) in [6.45, 7) is 2.74. The van der Waals surface area contributed by atoms with E-state index in [0.29, 0.717) is 11.3 Å². The largest absolute Gasteiger partial charge is 0.300 e. The first-order valence-corrected chi connectivity index (χ1v) is 4.99. The fourth-order valence-corrected chi connectivity index (χ4v) is 1.95. The van der Waals surface area contributed by atoms with Gasteiger partial charge in [0.05, 0.1) is 6.54 Å². The van der Waals surface area contributed by atoms with Crippen LogP contribution in [0.3, 0.4) is 0 Å². The Morgan fingerprint density at radius 1 is 1.69 bits per heavy atom. The molecule has 0 amide bonds. The SMILES string of the molecule is Cc1cnc(Cn2cn[nH]c2=S)s1. The fraction of sp³-hybridized carbons (Fsp3) is 0.286. The molecule has 0 aliphatic heterocycles. The van der Waals surface area contributed by atoms with Crippen LogP contribution in [0.4, 0.5) is 0 Å². The third kappa shape index (κ3) is 1.84. The van der Waals surface area contributed by atoms with E-state index in [2.05, 4.69) is 15.2 Å². The molecule has 0 aromatic carbocycles. The molecule has 2 aromatic heterocycles. The van der Waals surface area contributed by atoms with Crippen molar-refractivity contribution in [3.63, 3.8) is 0 Å². The molecule has 0 saturated carbocycles. The van der Waals surface area contributed by atoms with Gasteiger partial charge in [0.1, 0.15) is 11.3 Å². The third-order valence-corrected chi connectivity index (χ3v) is 2.82. The van der Waals surface area contributed by atoms with Gasteiger partial charge in [0, 0.05) is 11.1 Å². The van der Waals surface area contributed by atoms with Crippen molar-refractivity contribution in [1.29, 1.82) is 0 Å². The van der Waals surface area contributed by atoms with Crippen molar-refractivity contribution in [3.8, 4) is 0 Å². The van der Waals surface area contributed by atoms with E-state index in [0.717, 1.165) is 5.01 Å². The first-order chi connectivity index (χ1) is 6.25. The molecule has 0 spiro atoms. The lowest BCUT2D eigenvalue weighted by Crippen LogP contribution is -1.96. The van der Waals surface area contributed by atoms with Gasteiger partial charge in [-0.2, -0.15) is 5.10 Å². The second kappa shape index (κ2) is 3.39. The number of nitrogens with one attached hydrogen (secondary N) is 1. The van der Waals surface area contributed by atoms with Gasteiger partial charge in [-0.05, 0) is 19.1 Å². The molecule has 0 fully saturated rings. The number of nitrogens with zero attached hydrogens (tertiary/aromatic N) is 3. The van der Waals surface area contributed by atoms with Crippen LogP contribution in [0.1, 0.15) is 9.88 Å². The number of H-pyrrole nitrogens is 1. The van der Waals surface area contributed by atoms with Crippen molar-refractivity contribution in [1.82, 2.24) is 19.7 Å². The molecule has 0 aliphatic carbocycles. The van der Waals surface area contributed by atoms with E-state index in [9.17, 15) is 0 Å². The first-order valence-electron chi connectivity index (χ1n) is 3.77. The average Bonchev–Trinajstić information content (AvgIpc) is 2.64. The van der Waals surface area contributed by atoms with Crippen LogP contribution in [-0.2, 0) is 6.54 Å². The number of aromatic nitrogens is 4. The molecular weight excluding hydrogens is 204 g/mol. The molecule has 2 rings (SSSR count). The standard InChI is InChI=1S/C7H8N4S2/c1-5-2-8-6(13-5)3-11-4-9-10-7(11)12/h2,4H,3H2,1H3,(H,10,12). The van der Waals surface area contributed by atoms with E-state index in [1.54, 1.807) is 17.7 Å². The van der Waals surface area contributed by atoms with Gasteiger partial charge >= 0.3 is 0 Å². The third-order valence-electron chi connectivity index (χ3n) is 1.59. The van der Waals surface area contributed by atoms with Crippen LogP contribution < -0.4 is 0 Å². The van der Waals surface area contributed by atoms with Gasteiger partial charge in [0.2, 0.25) is 0 Å². The minimum absolute atomic E-state index is 0.632. The smallest absolute Gasteiger partial charge is 0.195 e. The lowest BCUT2D eigenvalue weighted by molar-refractivity contribution is 0.776. The first kappa shape index (κ1) is 8.58. The molecule has 0 aliphatic rings. The summed E-state index contributed by atoms with van der Waals surface area (Å²) in [7, 11) is 0. The van der Waals surface area contributed by atoms with E-state index in [4.69, 9.17) is 12.2 Å². The summed E-state index contributed by atoms with van der Waals surface area (Å²) in [5, 5.41) is 7.59.